The van der Waals surface area contributed by atoms with E-state index in [1.165, 1.54) is 29.3 Å². The Kier molecular flexibility index (Phi) is 8.57. The summed E-state index contributed by atoms with van der Waals surface area (Å²) in [6.07, 6.45) is 7.52. The zero-order valence-electron chi connectivity index (χ0n) is 18.4. The molecule has 0 unspecified atom stereocenters. The maximum absolute atomic E-state index is 4.68. The van der Waals surface area contributed by atoms with Crippen LogP contribution in [0, 0.1) is 5.92 Å². The largest absolute Gasteiger partial charge is 0.361 e. The topological polar surface area (TPSA) is 68.3 Å². The number of H-pyrrole nitrogens is 1. The Morgan fingerprint density at radius 1 is 1.16 bits per heavy atom. The van der Waals surface area contributed by atoms with Crippen molar-refractivity contribution >= 4 is 46.7 Å². The highest BCUT2D eigenvalue weighted by Crippen LogP contribution is 2.21. The van der Waals surface area contributed by atoms with Crippen LogP contribution in [0.4, 0.5) is 5.82 Å². The normalized spacial score (nSPS) is 15.0. The second kappa shape index (κ2) is 11.4. The lowest BCUT2D eigenvalue weighted by Gasteiger charge is -2.31. The molecule has 1 fully saturated rings. The maximum Gasteiger partial charge on any atom is 0.191 e. The molecule has 0 saturated carbocycles. The van der Waals surface area contributed by atoms with E-state index >= 15 is 0 Å². The highest BCUT2D eigenvalue weighted by Gasteiger charge is 2.16. The van der Waals surface area contributed by atoms with Gasteiger partial charge in [0, 0.05) is 56.5 Å². The van der Waals surface area contributed by atoms with Crippen LogP contribution in [0.1, 0.15) is 30.9 Å². The first-order valence-electron chi connectivity index (χ1n) is 10.9. The molecule has 1 aliphatic rings. The third-order valence-electron chi connectivity index (χ3n) is 5.96. The third kappa shape index (κ3) is 6.12. The van der Waals surface area contributed by atoms with Crippen LogP contribution in [0.25, 0.3) is 10.9 Å². The van der Waals surface area contributed by atoms with Crippen LogP contribution in [0.3, 0.4) is 0 Å². The summed E-state index contributed by atoms with van der Waals surface area (Å²) in [6, 6.07) is 12.7. The van der Waals surface area contributed by atoms with Crippen molar-refractivity contribution in [1.82, 2.24) is 20.6 Å². The molecule has 3 N–H and O–H groups in total. The molecule has 0 radical (unpaired) electrons. The number of pyridine rings is 1. The van der Waals surface area contributed by atoms with Gasteiger partial charge in [-0.15, -0.1) is 24.0 Å². The van der Waals surface area contributed by atoms with Crippen LogP contribution in [0.5, 0.6) is 0 Å². The average Bonchev–Trinajstić information content (AvgIpc) is 3.20. The average molecular weight is 532 g/mol. The summed E-state index contributed by atoms with van der Waals surface area (Å²) in [4.78, 5) is 14.7. The van der Waals surface area contributed by atoms with Gasteiger partial charge in [-0.05, 0) is 48.4 Å². The number of nitrogens with one attached hydrogen (secondary N) is 3. The fraction of sp³-hybridized carbons (Fsp3) is 0.417. The van der Waals surface area contributed by atoms with E-state index in [1.807, 2.05) is 6.20 Å². The number of aliphatic imine (C=N–C) groups is 1. The molecular formula is C24H33IN6. The zero-order valence-corrected chi connectivity index (χ0v) is 20.7. The number of piperidine rings is 1. The molecule has 31 heavy (non-hydrogen) atoms. The SMILES string of the molecule is CN=C(NCCc1c[nH]c2ccccc12)NCc1ccc(N2CCC(C)CC2)nc1.I. The summed E-state index contributed by atoms with van der Waals surface area (Å²) in [5.41, 5.74) is 3.66. The predicted molar refractivity (Wildman–Crippen MR) is 140 cm³/mol. The lowest BCUT2D eigenvalue weighted by atomic mass is 9.99. The molecule has 1 aromatic carbocycles. The molecule has 6 nitrogen and oxygen atoms in total. The summed E-state index contributed by atoms with van der Waals surface area (Å²) in [5, 5.41) is 8.08. The van der Waals surface area contributed by atoms with Gasteiger partial charge in [-0.25, -0.2) is 4.98 Å². The lowest BCUT2D eigenvalue weighted by Crippen LogP contribution is -2.38. The summed E-state index contributed by atoms with van der Waals surface area (Å²) in [7, 11) is 1.81. The smallest absolute Gasteiger partial charge is 0.191 e. The first kappa shape index (κ1) is 23.4. The van der Waals surface area contributed by atoms with Crippen LogP contribution in [0.2, 0.25) is 0 Å². The fourth-order valence-corrected chi connectivity index (χ4v) is 4.01. The van der Waals surface area contributed by atoms with Crippen molar-refractivity contribution in [1.29, 1.82) is 0 Å². The monoisotopic (exact) mass is 532 g/mol. The van der Waals surface area contributed by atoms with Gasteiger partial charge in [-0.2, -0.15) is 0 Å². The van der Waals surface area contributed by atoms with E-state index in [1.54, 1.807) is 7.05 Å². The summed E-state index contributed by atoms with van der Waals surface area (Å²) < 4.78 is 0. The van der Waals surface area contributed by atoms with Gasteiger partial charge in [-0.3, -0.25) is 4.99 Å². The quantitative estimate of drug-likeness (QED) is 0.251. The highest BCUT2D eigenvalue weighted by atomic mass is 127. The van der Waals surface area contributed by atoms with Crippen molar-refractivity contribution in [3.05, 3.63) is 59.9 Å². The van der Waals surface area contributed by atoms with Crippen LogP contribution in [0.15, 0.2) is 53.8 Å². The lowest BCUT2D eigenvalue weighted by molar-refractivity contribution is 0.436. The number of aromatic nitrogens is 2. The molecule has 0 aliphatic carbocycles. The van der Waals surface area contributed by atoms with Crippen LogP contribution >= 0.6 is 24.0 Å². The van der Waals surface area contributed by atoms with Crippen molar-refractivity contribution in [2.45, 2.75) is 32.7 Å². The molecule has 3 aromatic rings. The molecule has 166 valence electrons. The summed E-state index contributed by atoms with van der Waals surface area (Å²) in [5.74, 6) is 2.73. The van der Waals surface area contributed by atoms with Gasteiger partial charge in [0.15, 0.2) is 5.96 Å². The number of para-hydroxylation sites is 1. The van der Waals surface area contributed by atoms with Gasteiger partial charge in [0.25, 0.3) is 0 Å². The number of halogens is 1. The second-order valence-corrected chi connectivity index (χ2v) is 8.16. The first-order valence-corrected chi connectivity index (χ1v) is 10.9. The standard InChI is InChI=1S/C24H32N6.HI/c1-18-10-13-30(14-11-18)23-8-7-19(15-28-23)16-29-24(25-2)26-12-9-20-17-27-22-6-4-3-5-21(20)22;/h3-8,15,17-18,27H,9-14,16H2,1-2H3,(H2,25,26,29);1H. The number of nitrogens with zero attached hydrogens (tertiary/aromatic N) is 3. The maximum atomic E-state index is 4.68. The Bertz CT molecular complexity index is 973. The van der Waals surface area contributed by atoms with Crippen molar-refractivity contribution in [3.8, 4) is 0 Å². The molecule has 1 aliphatic heterocycles. The molecule has 3 heterocycles. The second-order valence-electron chi connectivity index (χ2n) is 8.16. The third-order valence-corrected chi connectivity index (χ3v) is 5.96. The number of rotatable bonds is 6. The van der Waals surface area contributed by atoms with Crippen LogP contribution in [-0.4, -0.2) is 42.6 Å². The Labute approximate surface area is 202 Å². The molecule has 1 saturated heterocycles. The van der Waals surface area contributed by atoms with E-state index in [0.29, 0.717) is 6.54 Å². The number of aromatic amines is 1. The van der Waals surface area contributed by atoms with E-state index in [9.17, 15) is 0 Å². The van der Waals surface area contributed by atoms with E-state index in [4.69, 9.17) is 0 Å². The Morgan fingerprint density at radius 3 is 2.71 bits per heavy atom. The Hall–Kier alpha value is -2.29. The molecule has 4 rings (SSSR count). The summed E-state index contributed by atoms with van der Waals surface area (Å²) >= 11 is 0. The number of benzene rings is 1. The molecule has 7 heteroatoms. The number of hydrogen-bond donors (Lipinski definition) is 3. The zero-order chi connectivity index (χ0) is 20.8. The minimum Gasteiger partial charge on any atom is -0.361 e. The van der Waals surface area contributed by atoms with Crippen LogP contribution in [-0.2, 0) is 13.0 Å². The molecular weight excluding hydrogens is 499 g/mol. The van der Waals surface area contributed by atoms with E-state index < -0.39 is 0 Å². The molecule has 0 spiro atoms. The predicted octanol–water partition coefficient (Wildman–Crippen LogP) is 4.32. The van der Waals surface area contributed by atoms with Gasteiger partial charge < -0.3 is 20.5 Å². The van der Waals surface area contributed by atoms with E-state index in [0.717, 1.165) is 49.3 Å². The molecule has 0 amide bonds. The minimum absolute atomic E-state index is 0. The van der Waals surface area contributed by atoms with Gasteiger partial charge in [0.1, 0.15) is 5.82 Å². The Balaban J connectivity index is 0.00000272. The number of fused-ring (bicyclic) bond motifs is 1. The van der Waals surface area contributed by atoms with Crippen molar-refractivity contribution in [3.63, 3.8) is 0 Å². The molecule has 0 bridgehead atoms. The van der Waals surface area contributed by atoms with Gasteiger partial charge in [0.2, 0.25) is 0 Å². The molecule has 2 aromatic heterocycles. The van der Waals surface area contributed by atoms with Gasteiger partial charge in [-0.1, -0.05) is 31.2 Å². The van der Waals surface area contributed by atoms with Crippen molar-refractivity contribution in [2.75, 3.05) is 31.6 Å². The number of hydrogen-bond acceptors (Lipinski definition) is 3. The van der Waals surface area contributed by atoms with Gasteiger partial charge >= 0.3 is 0 Å². The fourth-order valence-electron chi connectivity index (χ4n) is 4.01. The highest BCUT2D eigenvalue weighted by molar-refractivity contribution is 14.0. The number of anilines is 1. The van der Waals surface area contributed by atoms with Crippen molar-refractivity contribution in [2.24, 2.45) is 10.9 Å². The Morgan fingerprint density at radius 2 is 1.97 bits per heavy atom. The van der Waals surface area contributed by atoms with Crippen molar-refractivity contribution < 1.29 is 0 Å². The molecule has 0 atom stereocenters. The van der Waals surface area contributed by atoms with Gasteiger partial charge in [0.05, 0.1) is 0 Å². The summed E-state index contributed by atoms with van der Waals surface area (Å²) in [6.45, 7) is 6.08. The number of guanidine groups is 1. The first-order chi connectivity index (χ1) is 14.7. The van der Waals surface area contributed by atoms with E-state index in [2.05, 4.69) is 80.0 Å². The minimum atomic E-state index is 0. The van der Waals surface area contributed by atoms with E-state index in [-0.39, 0.29) is 24.0 Å². The van der Waals surface area contributed by atoms with Crippen LogP contribution < -0.4 is 15.5 Å².